The number of hydrogen-bond acceptors (Lipinski definition) is 6. The molecule has 1 aromatic heterocycles. The van der Waals surface area contributed by atoms with Gasteiger partial charge in [-0.2, -0.15) is 0 Å². The first-order chi connectivity index (χ1) is 9.53. The summed E-state index contributed by atoms with van der Waals surface area (Å²) in [5.74, 6) is 0.415. The van der Waals surface area contributed by atoms with Gasteiger partial charge >= 0.3 is 5.97 Å². The third kappa shape index (κ3) is 4.08. The van der Waals surface area contributed by atoms with E-state index in [9.17, 15) is 9.59 Å². The Labute approximate surface area is 121 Å². The van der Waals surface area contributed by atoms with Crippen molar-refractivity contribution in [2.75, 3.05) is 12.9 Å². The second-order valence-corrected chi connectivity index (χ2v) is 6.16. The summed E-state index contributed by atoms with van der Waals surface area (Å²) in [5.41, 5.74) is -0.854. The summed E-state index contributed by atoms with van der Waals surface area (Å²) in [6.07, 6.45) is 4.29. The maximum atomic E-state index is 11.9. The van der Waals surface area contributed by atoms with Crippen LogP contribution in [0.25, 0.3) is 0 Å². The van der Waals surface area contributed by atoms with E-state index in [0.717, 1.165) is 12.8 Å². The number of aromatic amines is 1. The lowest BCUT2D eigenvalue weighted by Crippen LogP contribution is -2.51. The Morgan fingerprint density at radius 3 is 3.00 bits per heavy atom. The molecular formula is C13H19N3O3S. The highest BCUT2D eigenvalue weighted by molar-refractivity contribution is 7.99. The Morgan fingerprint density at radius 2 is 2.40 bits per heavy atom. The summed E-state index contributed by atoms with van der Waals surface area (Å²) in [6.45, 7) is 1.86. The Bertz CT molecular complexity index is 530. The molecule has 1 unspecified atom stereocenters. The molecule has 2 N–H and O–H groups in total. The molecule has 20 heavy (non-hydrogen) atoms. The highest BCUT2D eigenvalue weighted by atomic mass is 32.2. The third-order valence-electron chi connectivity index (χ3n) is 3.22. The number of hydrogen-bond donors (Lipinski definition) is 2. The highest BCUT2D eigenvalue weighted by Crippen LogP contribution is 2.26. The van der Waals surface area contributed by atoms with Crippen molar-refractivity contribution >= 4 is 17.7 Å². The van der Waals surface area contributed by atoms with Crippen LogP contribution < -0.4 is 10.9 Å². The van der Waals surface area contributed by atoms with Crippen LogP contribution in [0.2, 0.25) is 0 Å². The summed E-state index contributed by atoms with van der Waals surface area (Å²) in [5, 5.41) is 3.90. The zero-order valence-electron chi connectivity index (χ0n) is 11.6. The molecule has 2 rings (SSSR count). The van der Waals surface area contributed by atoms with E-state index in [-0.39, 0.29) is 11.5 Å². The summed E-state index contributed by atoms with van der Waals surface area (Å²) in [6, 6.07) is 1.79. The van der Waals surface area contributed by atoms with E-state index in [2.05, 4.69) is 15.3 Å². The van der Waals surface area contributed by atoms with Crippen molar-refractivity contribution in [2.45, 2.75) is 42.9 Å². The fourth-order valence-electron chi connectivity index (χ4n) is 1.91. The average molecular weight is 297 g/mol. The van der Waals surface area contributed by atoms with Crippen molar-refractivity contribution in [3.8, 4) is 0 Å². The summed E-state index contributed by atoms with van der Waals surface area (Å²) in [7, 11) is 1.40. The van der Waals surface area contributed by atoms with E-state index in [1.165, 1.54) is 31.1 Å². The fourth-order valence-corrected chi connectivity index (χ4v) is 2.93. The first-order valence-corrected chi connectivity index (χ1v) is 7.56. The van der Waals surface area contributed by atoms with Crippen molar-refractivity contribution in [1.29, 1.82) is 0 Å². The second-order valence-electron chi connectivity index (χ2n) is 5.08. The molecular weight excluding hydrogens is 278 g/mol. The number of nitrogens with zero attached hydrogens (tertiary/aromatic N) is 1. The Morgan fingerprint density at radius 1 is 1.65 bits per heavy atom. The lowest BCUT2D eigenvalue weighted by atomic mass is 9.99. The molecule has 1 aliphatic rings. The van der Waals surface area contributed by atoms with Crippen molar-refractivity contribution < 1.29 is 9.53 Å². The van der Waals surface area contributed by atoms with Crippen LogP contribution in [0.4, 0.5) is 0 Å². The van der Waals surface area contributed by atoms with E-state index in [1.54, 1.807) is 0 Å². The molecule has 1 atom stereocenters. The topological polar surface area (TPSA) is 84.1 Å². The number of methoxy groups -OCH3 is 1. The number of rotatable bonds is 7. The molecule has 0 radical (unpaired) electrons. The molecule has 1 heterocycles. The van der Waals surface area contributed by atoms with Crippen LogP contribution in [0, 0.1) is 0 Å². The van der Waals surface area contributed by atoms with Crippen molar-refractivity contribution in [1.82, 2.24) is 15.3 Å². The van der Waals surface area contributed by atoms with Gasteiger partial charge in [0.05, 0.1) is 7.11 Å². The predicted octanol–water partition coefficient (Wildman–Crippen LogP) is 0.936. The summed E-state index contributed by atoms with van der Waals surface area (Å²) in [4.78, 5) is 29.8. The number of esters is 1. The van der Waals surface area contributed by atoms with E-state index in [1.807, 2.05) is 6.92 Å². The average Bonchev–Trinajstić information content (AvgIpc) is 3.21. The zero-order valence-corrected chi connectivity index (χ0v) is 12.5. The van der Waals surface area contributed by atoms with Gasteiger partial charge in [0.2, 0.25) is 0 Å². The van der Waals surface area contributed by atoms with Gasteiger partial charge in [-0.15, -0.1) is 0 Å². The highest BCUT2D eigenvalue weighted by Gasteiger charge is 2.38. The maximum absolute atomic E-state index is 11.9. The quantitative estimate of drug-likeness (QED) is 0.442. The number of carbonyl (C=O) groups excluding carboxylic acids is 1. The van der Waals surface area contributed by atoms with Gasteiger partial charge in [-0.3, -0.25) is 14.9 Å². The molecule has 1 aliphatic carbocycles. The van der Waals surface area contributed by atoms with Crippen molar-refractivity contribution in [2.24, 2.45) is 0 Å². The molecule has 0 saturated heterocycles. The van der Waals surface area contributed by atoms with Gasteiger partial charge in [-0.1, -0.05) is 11.8 Å². The lowest BCUT2D eigenvalue weighted by Gasteiger charge is -2.27. The van der Waals surface area contributed by atoms with E-state index in [0.29, 0.717) is 23.4 Å². The molecule has 0 bridgehead atoms. The normalized spacial score (nSPS) is 17.5. The van der Waals surface area contributed by atoms with Crippen LogP contribution >= 0.6 is 11.8 Å². The first kappa shape index (κ1) is 15.1. The van der Waals surface area contributed by atoms with Crippen LogP contribution in [0.15, 0.2) is 22.2 Å². The van der Waals surface area contributed by atoms with E-state index in [4.69, 9.17) is 4.74 Å². The maximum Gasteiger partial charge on any atom is 0.325 e. The molecule has 110 valence electrons. The van der Waals surface area contributed by atoms with Crippen LogP contribution in [-0.2, 0) is 9.53 Å². The minimum Gasteiger partial charge on any atom is -0.468 e. The Balaban J connectivity index is 1.91. The third-order valence-corrected chi connectivity index (χ3v) is 4.11. The molecule has 0 spiro atoms. The van der Waals surface area contributed by atoms with Gasteiger partial charge in [-0.05, 0) is 26.2 Å². The van der Waals surface area contributed by atoms with Crippen LogP contribution in [0.5, 0.6) is 0 Å². The largest absolute Gasteiger partial charge is 0.468 e. The van der Waals surface area contributed by atoms with Crippen LogP contribution in [-0.4, -0.2) is 40.4 Å². The molecule has 0 amide bonds. The fraction of sp³-hybridized carbons (Fsp3) is 0.615. The smallest absolute Gasteiger partial charge is 0.325 e. The molecule has 1 aromatic rings. The van der Waals surface area contributed by atoms with Crippen LogP contribution in [0.3, 0.4) is 0 Å². The minimum absolute atomic E-state index is 0.172. The second kappa shape index (κ2) is 6.41. The predicted molar refractivity (Wildman–Crippen MR) is 76.8 cm³/mol. The number of aromatic nitrogens is 2. The Kier molecular flexibility index (Phi) is 4.82. The van der Waals surface area contributed by atoms with Gasteiger partial charge in [0.25, 0.3) is 5.56 Å². The van der Waals surface area contributed by atoms with E-state index >= 15 is 0 Å². The van der Waals surface area contributed by atoms with Gasteiger partial charge in [0.1, 0.15) is 5.54 Å². The van der Waals surface area contributed by atoms with Gasteiger partial charge in [0.15, 0.2) is 5.16 Å². The first-order valence-electron chi connectivity index (χ1n) is 6.58. The number of thioether (sulfide) groups is 1. The number of ether oxygens (including phenoxy) is 1. The number of nitrogens with one attached hydrogen (secondary N) is 2. The molecule has 1 fully saturated rings. The molecule has 0 aliphatic heterocycles. The number of carbonyl (C=O) groups is 1. The van der Waals surface area contributed by atoms with Gasteiger partial charge < -0.3 is 9.72 Å². The molecule has 1 saturated carbocycles. The Hall–Kier alpha value is -1.34. The molecule has 6 nitrogen and oxygen atoms in total. The van der Waals surface area contributed by atoms with Crippen LogP contribution in [0.1, 0.15) is 26.2 Å². The standard InChI is InChI=1S/C13H19N3O3S/c1-13(11(18)19-2,16-9-3-4-9)6-8-20-12-14-7-5-10(17)15-12/h5,7,9,16H,3-4,6,8H2,1-2H3,(H,14,15,17). The molecule has 0 aromatic carbocycles. The monoisotopic (exact) mass is 297 g/mol. The SMILES string of the molecule is COC(=O)C(C)(CCSc1nccc(=O)[nH]1)NC1CC1. The van der Waals surface area contributed by atoms with Gasteiger partial charge in [-0.25, -0.2) is 4.98 Å². The minimum atomic E-state index is -0.683. The summed E-state index contributed by atoms with van der Waals surface area (Å²) >= 11 is 1.42. The van der Waals surface area contributed by atoms with Gasteiger partial charge in [0, 0.05) is 24.1 Å². The summed E-state index contributed by atoms with van der Waals surface area (Å²) < 4.78 is 4.88. The van der Waals surface area contributed by atoms with Crippen molar-refractivity contribution in [3.63, 3.8) is 0 Å². The van der Waals surface area contributed by atoms with E-state index < -0.39 is 5.54 Å². The lowest BCUT2D eigenvalue weighted by molar-refractivity contribution is -0.148. The zero-order chi connectivity index (χ0) is 14.6. The number of H-pyrrole nitrogens is 1. The van der Waals surface area contributed by atoms with Crippen molar-refractivity contribution in [3.05, 3.63) is 22.6 Å². The molecule has 7 heteroatoms.